The lowest BCUT2D eigenvalue weighted by atomic mass is 10.0. The molecule has 0 saturated heterocycles. The summed E-state index contributed by atoms with van der Waals surface area (Å²) in [4.78, 5) is 3.71. The minimum Gasteiger partial charge on any atom is -0.354 e. The van der Waals surface area contributed by atoms with E-state index in [4.69, 9.17) is 0 Å². The van der Waals surface area contributed by atoms with Crippen molar-refractivity contribution in [1.82, 2.24) is 9.55 Å². The molecule has 2 nitrogen and oxygen atoms in total. The van der Waals surface area contributed by atoms with Crippen molar-refractivity contribution in [2.24, 2.45) is 0 Å². The molecule has 2 aromatic heterocycles. The second kappa shape index (κ2) is 5.74. The van der Waals surface area contributed by atoms with E-state index < -0.39 is 0 Å². The van der Waals surface area contributed by atoms with Crippen LogP contribution in [0.5, 0.6) is 0 Å². The van der Waals surface area contributed by atoms with Gasteiger partial charge in [-0.25, -0.2) is 0 Å². The van der Waals surface area contributed by atoms with Crippen LogP contribution in [0.25, 0.3) is 60.1 Å². The fraction of sp³-hybridized carbons (Fsp3) is 0. The van der Waals surface area contributed by atoms with Gasteiger partial charge in [0.25, 0.3) is 0 Å². The van der Waals surface area contributed by atoms with Crippen LogP contribution < -0.4 is 0 Å². The number of nitrogens with zero attached hydrogens (tertiary/aromatic N) is 1. The van der Waals surface area contributed by atoms with Gasteiger partial charge in [0.05, 0.1) is 16.6 Å². The molecule has 7 aromatic rings. The summed E-state index contributed by atoms with van der Waals surface area (Å²) >= 11 is 0. The molecule has 0 unspecified atom stereocenters. The van der Waals surface area contributed by atoms with E-state index in [2.05, 4.69) is 113 Å². The maximum absolute atomic E-state index is 3.71. The molecule has 140 valence electrons. The summed E-state index contributed by atoms with van der Waals surface area (Å²) in [5.41, 5.74) is 6.04. The first-order valence-corrected chi connectivity index (χ1v) is 10.3. The number of benzene rings is 5. The standard InChI is InChI=1S/C28H18N2/c1-2-10-20(11-3-1)30-25-15-14-22-21-12-6-7-13-24(21)29-28(22)27(25)23-16-18-8-4-5-9-19(18)17-26(23)30/h1-17,29H. The van der Waals surface area contributed by atoms with Crippen molar-refractivity contribution < 1.29 is 0 Å². The molecule has 1 N–H and O–H groups in total. The Kier molecular flexibility index (Phi) is 3.03. The van der Waals surface area contributed by atoms with Crippen molar-refractivity contribution in [3.05, 3.63) is 103 Å². The summed E-state index contributed by atoms with van der Waals surface area (Å²) in [5.74, 6) is 0. The molecule has 5 aromatic carbocycles. The van der Waals surface area contributed by atoms with E-state index >= 15 is 0 Å². The Balaban J connectivity index is 1.77. The lowest BCUT2D eigenvalue weighted by Gasteiger charge is -2.08. The molecule has 0 saturated carbocycles. The minimum absolute atomic E-state index is 1.18. The molecule has 7 rings (SSSR count). The molecular weight excluding hydrogens is 364 g/mol. The quantitative estimate of drug-likeness (QED) is 0.302. The normalized spacial score (nSPS) is 12.0. The van der Waals surface area contributed by atoms with E-state index in [1.807, 2.05) is 0 Å². The number of hydrogen-bond donors (Lipinski definition) is 1. The number of para-hydroxylation sites is 2. The third kappa shape index (κ3) is 2.03. The molecule has 0 amide bonds. The van der Waals surface area contributed by atoms with Gasteiger partial charge in [0.1, 0.15) is 0 Å². The minimum atomic E-state index is 1.18. The van der Waals surface area contributed by atoms with Gasteiger partial charge < -0.3 is 9.55 Å². The summed E-state index contributed by atoms with van der Waals surface area (Å²) in [7, 11) is 0. The zero-order valence-corrected chi connectivity index (χ0v) is 16.3. The molecule has 0 atom stereocenters. The Morgan fingerprint density at radius 1 is 0.533 bits per heavy atom. The van der Waals surface area contributed by atoms with Crippen molar-refractivity contribution in [2.75, 3.05) is 0 Å². The Bertz CT molecular complexity index is 1730. The van der Waals surface area contributed by atoms with Gasteiger partial charge in [0, 0.05) is 32.7 Å². The topological polar surface area (TPSA) is 20.7 Å². The Hall–Kier alpha value is -4.04. The molecule has 2 heteroatoms. The first-order chi connectivity index (χ1) is 14.9. The fourth-order valence-electron chi connectivity index (χ4n) is 4.97. The summed E-state index contributed by atoms with van der Waals surface area (Å²) in [5, 5.41) is 7.65. The average Bonchev–Trinajstić information content (AvgIpc) is 3.33. The van der Waals surface area contributed by atoms with E-state index in [9.17, 15) is 0 Å². The van der Waals surface area contributed by atoms with Crippen LogP contribution in [0.3, 0.4) is 0 Å². The van der Waals surface area contributed by atoms with Crippen LogP contribution >= 0.6 is 0 Å². The highest BCUT2D eigenvalue weighted by molar-refractivity contribution is 6.26. The highest BCUT2D eigenvalue weighted by Gasteiger charge is 2.17. The van der Waals surface area contributed by atoms with E-state index in [0.29, 0.717) is 0 Å². The zero-order valence-electron chi connectivity index (χ0n) is 16.3. The van der Waals surface area contributed by atoms with Gasteiger partial charge in [0.15, 0.2) is 0 Å². The van der Waals surface area contributed by atoms with E-state index in [0.717, 1.165) is 0 Å². The van der Waals surface area contributed by atoms with Crippen LogP contribution in [-0.4, -0.2) is 9.55 Å². The first-order valence-electron chi connectivity index (χ1n) is 10.3. The van der Waals surface area contributed by atoms with Gasteiger partial charge in [-0.2, -0.15) is 0 Å². The fourth-order valence-corrected chi connectivity index (χ4v) is 4.97. The van der Waals surface area contributed by atoms with Crippen LogP contribution in [0.1, 0.15) is 0 Å². The largest absolute Gasteiger partial charge is 0.354 e. The number of aromatic nitrogens is 2. The number of fused-ring (bicyclic) bond motifs is 8. The van der Waals surface area contributed by atoms with Crippen molar-refractivity contribution in [1.29, 1.82) is 0 Å². The van der Waals surface area contributed by atoms with Crippen LogP contribution in [0.15, 0.2) is 103 Å². The Morgan fingerprint density at radius 3 is 2.13 bits per heavy atom. The number of aromatic amines is 1. The highest BCUT2D eigenvalue weighted by Crippen LogP contribution is 2.40. The second-order valence-electron chi connectivity index (χ2n) is 7.94. The SMILES string of the molecule is c1ccc(-n2c3cc4ccccc4cc3c3c4[nH]c5ccccc5c4ccc32)cc1. The summed E-state index contributed by atoms with van der Waals surface area (Å²) < 4.78 is 2.39. The summed E-state index contributed by atoms with van der Waals surface area (Å²) in [6, 6.07) is 37.0. The molecule has 0 aliphatic heterocycles. The first kappa shape index (κ1) is 15.8. The smallest absolute Gasteiger partial charge is 0.0566 e. The third-order valence-corrected chi connectivity index (χ3v) is 6.29. The van der Waals surface area contributed by atoms with Crippen molar-refractivity contribution in [3.8, 4) is 5.69 Å². The van der Waals surface area contributed by atoms with E-state index in [1.54, 1.807) is 0 Å². The number of rotatable bonds is 1. The monoisotopic (exact) mass is 382 g/mol. The van der Waals surface area contributed by atoms with E-state index in [1.165, 1.54) is 60.1 Å². The summed E-state index contributed by atoms with van der Waals surface area (Å²) in [6.45, 7) is 0. The molecule has 0 fully saturated rings. The van der Waals surface area contributed by atoms with Gasteiger partial charge in [-0.1, -0.05) is 66.7 Å². The van der Waals surface area contributed by atoms with Gasteiger partial charge in [0.2, 0.25) is 0 Å². The molecule has 0 radical (unpaired) electrons. The second-order valence-corrected chi connectivity index (χ2v) is 7.94. The predicted octanol–water partition coefficient (Wildman–Crippen LogP) is 7.57. The maximum Gasteiger partial charge on any atom is 0.0566 e. The van der Waals surface area contributed by atoms with Crippen molar-refractivity contribution >= 4 is 54.4 Å². The zero-order chi connectivity index (χ0) is 19.7. The lowest BCUT2D eigenvalue weighted by molar-refractivity contribution is 1.18. The highest BCUT2D eigenvalue weighted by atomic mass is 15.0. The van der Waals surface area contributed by atoms with Crippen LogP contribution in [0.2, 0.25) is 0 Å². The molecule has 2 heterocycles. The molecular formula is C28H18N2. The third-order valence-electron chi connectivity index (χ3n) is 6.29. The van der Waals surface area contributed by atoms with Crippen LogP contribution in [0, 0.1) is 0 Å². The van der Waals surface area contributed by atoms with Gasteiger partial charge in [-0.15, -0.1) is 0 Å². The number of hydrogen-bond acceptors (Lipinski definition) is 0. The maximum atomic E-state index is 3.71. The Morgan fingerprint density at radius 2 is 1.27 bits per heavy atom. The number of nitrogens with one attached hydrogen (secondary N) is 1. The van der Waals surface area contributed by atoms with Crippen molar-refractivity contribution in [3.63, 3.8) is 0 Å². The Labute approximate surface area is 173 Å². The molecule has 0 aliphatic rings. The predicted molar refractivity (Wildman–Crippen MR) is 128 cm³/mol. The average molecular weight is 382 g/mol. The van der Waals surface area contributed by atoms with Crippen LogP contribution in [0.4, 0.5) is 0 Å². The van der Waals surface area contributed by atoms with Crippen LogP contribution in [-0.2, 0) is 0 Å². The van der Waals surface area contributed by atoms with Gasteiger partial charge in [-0.05, 0) is 47.2 Å². The molecule has 0 bridgehead atoms. The van der Waals surface area contributed by atoms with Gasteiger partial charge in [-0.3, -0.25) is 0 Å². The molecule has 0 spiro atoms. The van der Waals surface area contributed by atoms with Gasteiger partial charge >= 0.3 is 0 Å². The molecule has 30 heavy (non-hydrogen) atoms. The van der Waals surface area contributed by atoms with Crippen molar-refractivity contribution in [2.45, 2.75) is 0 Å². The number of H-pyrrole nitrogens is 1. The van der Waals surface area contributed by atoms with E-state index in [-0.39, 0.29) is 0 Å². The lowest BCUT2D eigenvalue weighted by Crippen LogP contribution is -1.93. The summed E-state index contributed by atoms with van der Waals surface area (Å²) in [6.07, 6.45) is 0. The molecule has 0 aliphatic carbocycles.